The molecule has 5 aromatic rings. The van der Waals surface area contributed by atoms with Crippen molar-refractivity contribution in [1.29, 1.82) is 0 Å². The third-order valence-corrected chi connectivity index (χ3v) is 5.59. The number of phenolic OH excluding ortho intramolecular Hbond substituents is 2. The Labute approximate surface area is 190 Å². The Hall–Kier alpha value is -4.52. The number of aromatic nitrogens is 3. The summed E-state index contributed by atoms with van der Waals surface area (Å²) in [5.74, 6) is 1.01. The third kappa shape index (κ3) is 4.29. The predicted octanol–water partition coefficient (Wildman–Crippen LogP) is 4.94. The van der Waals surface area contributed by atoms with Crippen LogP contribution >= 0.6 is 0 Å². The molecule has 0 fully saturated rings. The van der Waals surface area contributed by atoms with E-state index in [0.29, 0.717) is 23.6 Å². The van der Waals surface area contributed by atoms with Crippen molar-refractivity contribution in [2.75, 3.05) is 17.6 Å². The molecule has 0 aliphatic carbocycles. The average molecular weight is 438 g/mol. The zero-order valence-electron chi connectivity index (χ0n) is 17.8. The molecule has 6 N–H and O–H groups in total. The van der Waals surface area contributed by atoms with Crippen molar-refractivity contribution in [2.45, 2.75) is 6.42 Å². The van der Waals surface area contributed by atoms with Crippen molar-refractivity contribution in [3.05, 3.63) is 84.6 Å². The molecular formula is C26H23N5O2. The van der Waals surface area contributed by atoms with Crippen LogP contribution in [0, 0.1) is 0 Å². The fourth-order valence-electron chi connectivity index (χ4n) is 3.93. The summed E-state index contributed by atoms with van der Waals surface area (Å²) in [7, 11) is 0. The monoisotopic (exact) mass is 437 g/mol. The Morgan fingerprint density at radius 2 is 1.67 bits per heavy atom. The van der Waals surface area contributed by atoms with E-state index < -0.39 is 0 Å². The van der Waals surface area contributed by atoms with Gasteiger partial charge in [0.25, 0.3) is 0 Å². The van der Waals surface area contributed by atoms with Crippen LogP contribution in [0.5, 0.6) is 11.5 Å². The second-order valence-corrected chi connectivity index (χ2v) is 7.81. The summed E-state index contributed by atoms with van der Waals surface area (Å²) in [5, 5.41) is 24.6. The first-order chi connectivity index (χ1) is 16.1. The van der Waals surface area contributed by atoms with Crippen LogP contribution in [0.3, 0.4) is 0 Å². The number of anilines is 2. The highest BCUT2D eigenvalue weighted by Crippen LogP contribution is 2.34. The van der Waals surface area contributed by atoms with E-state index >= 15 is 0 Å². The number of H-pyrrole nitrogens is 1. The SMILES string of the molecule is Nc1nc(NCCc2c[nH]c3ccccc23)cc(-c2cc(-c3ccc(O)cc3)ccc2O)n1. The molecule has 33 heavy (non-hydrogen) atoms. The van der Waals surface area contributed by atoms with Crippen LogP contribution in [0.2, 0.25) is 0 Å². The number of aromatic hydroxyl groups is 2. The van der Waals surface area contributed by atoms with Gasteiger partial charge in [0, 0.05) is 35.3 Å². The minimum absolute atomic E-state index is 0.0976. The molecule has 0 amide bonds. The van der Waals surface area contributed by atoms with Gasteiger partial charge in [0.05, 0.1) is 5.69 Å². The van der Waals surface area contributed by atoms with Crippen LogP contribution in [0.25, 0.3) is 33.3 Å². The number of fused-ring (bicyclic) bond motifs is 1. The van der Waals surface area contributed by atoms with Gasteiger partial charge in [-0.3, -0.25) is 0 Å². The predicted molar refractivity (Wildman–Crippen MR) is 131 cm³/mol. The first-order valence-corrected chi connectivity index (χ1v) is 10.6. The normalized spacial score (nSPS) is 11.0. The molecule has 0 saturated carbocycles. The summed E-state index contributed by atoms with van der Waals surface area (Å²) in [4.78, 5) is 11.9. The summed E-state index contributed by atoms with van der Waals surface area (Å²) in [6, 6.07) is 22.2. The topological polar surface area (TPSA) is 120 Å². The molecule has 7 heteroatoms. The second kappa shape index (κ2) is 8.55. The third-order valence-electron chi connectivity index (χ3n) is 5.59. The summed E-state index contributed by atoms with van der Waals surface area (Å²) >= 11 is 0. The molecule has 0 saturated heterocycles. The molecule has 0 bridgehead atoms. The molecule has 0 radical (unpaired) electrons. The minimum atomic E-state index is 0.0976. The standard InChI is InChI=1S/C26H23N5O2/c27-26-30-23(21-13-17(7-10-24(21)33)16-5-8-19(32)9-6-16)14-25(31-26)28-12-11-18-15-29-22-4-2-1-3-20(18)22/h1-10,13-15,29,32-33H,11-12H2,(H3,27,28,30,31). The number of nitrogens with one attached hydrogen (secondary N) is 2. The van der Waals surface area contributed by atoms with Gasteiger partial charge < -0.3 is 26.2 Å². The highest BCUT2D eigenvalue weighted by molar-refractivity contribution is 5.83. The zero-order valence-corrected chi connectivity index (χ0v) is 17.8. The van der Waals surface area contributed by atoms with Gasteiger partial charge in [-0.15, -0.1) is 0 Å². The summed E-state index contributed by atoms with van der Waals surface area (Å²) in [5.41, 5.74) is 11.2. The van der Waals surface area contributed by atoms with Gasteiger partial charge in [-0.2, -0.15) is 4.98 Å². The van der Waals surface area contributed by atoms with Gasteiger partial charge in [-0.1, -0.05) is 36.4 Å². The summed E-state index contributed by atoms with van der Waals surface area (Å²) < 4.78 is 0. The van der Waals surface area contributed by atoms with E-state index in [1.807, 2.05) is 42.6 Å². The number of para-hydroxylation sites is 1. The van der Waals surface area contributed by atoms with Gasteiger partial charge in [0.1, 0.15) is 17.3 Å². The molecule has 0 aliphatic heterocycles. The number of nitrogens with two attached hydrogens (primary N) is 1. The Morgan fingerprint density at radius 3 is 2.52 bits per heavy atom. The number of hydrogen-bond acceptors (Lipinski definition) is 6. The van der Waals surface area contributed by atoms with Crippen LogP contribution < -0.4 is 11.1 Å². The maximum atomic E-state index is 10.5. The molecular weight excluding hydrogens is 414 g/mol. The van der Waals surface area contributed by atoms with Crippen LogP contribution in [0.4, 0.5) is 11.8 Å². The molecule has 2 aromatic heterocycles. The van der Waals surface area contributed by atoms with Gasteiger partial charge in [0.2, 0.25) is 5.95 Å². The van der Waals surface area contributed by atoms with Crippen LogP contribution in [-0.2, 0) is 6.42 Å². The van der Waals surface area contributed by atoms with Gasteiger partial charge in [0.15, 0.2) is 0 Å². The lowest BCUT2D eigenvalue weighted by molar-refractivity contribution is 0.475. The van der Waals surface area contributed by atoms with E-state index in [0.717, 1.165) is 23.1 Å². The number of aromatic amines is 1. The van der Waals surface area contributed by atoms with E-state index in [-0.39, 0.29) is 17.4 Å². The highest BCUT2D eigenvalue weighted by Gasteiger charge is 2.12. The minimum Gasteiger partial charge on any atom is -0.508 e. The van der Waals surface area contributed by atoms with Crippen molar-refractivity contribution < 1.29 is 10.2 Å². The van der Waals surface area contributed by atoms with Crippen LogP contribution in [0.15, 0.2) is 79.0 Å². The number of phenols is 2. The largest absolute Gasteiger partial charge is 0.508 e. The number of nitrogens with zero attached hydrogens (tertiary/aromatic N) is 2. The van der Waals surface area contributed by atoms with Gasteiger partial charge in [-0.25, -0.2) is 4.98 Å². The van der Waals surface area contributed by atoms with Crippen LogP contribution in [-0.4, -0.2) is 31.7 Å². The lowest BCUT2D eigenvalue weighted by Gasteiger charge is -2.11. The zero-order chi connectivity index (χ0) is 22.8. The molecule has 0 spiro atoms. The molecule has 5 rings (SSSR count). The van der Waals surface area contributed by atoms with Crippen molar-refractivity contribution in [1.82, 2.24) is 15.0 Å². The maximum Gasteiger partial charge on any atom is 0.222 e. The molecule has 0 unspecified atom stereocenters. The molecule has 3 aromatic carbocycles. The first kappa shape index (κ1) is 20.4. The fourth-order valence-corrected chi connectivity index (χ4v) is 3.93. The summed E-state index contributed by atoms with van der Waals surface area (Å²) in [6.45, 7) is 0.664. The van der Waals surface area contributed by atoms with E-state index in [4.69, 9.17) is 5.73 Å². The van der Waals surface area contributed by atoms with Crippen molar-refractivity contribution >= 4 is 22.7 Å². The fraction of sp³-hybridized carbons (Fsp3) is 0.0769. The number of benzene rings is 3. The Bertz CT molecular complexity index is 1430. The lowest BCUT2D eigenvalue weighted by Crippen LogP contribution is -2.08. The number of nitrogen functional groups attached to an aromatic ring is 1. The number of hydrogen-bond donors (Lipinski definition) is 5. The van der Waals surface area contributed by atoms with Crippen LogP contribution in [0.1, 0.15) is 5.56 Å². The molecule has 2 heterocycles. The highest BCUT2D eigenvalue weighted by atomic mass is 16.3. The van der Waals surface area contributed by atoms with Gasteiger partial charge in [-0.05, 0) is 53.4 Å². The van der Waals surface area contributed by atoms with E-state index in [1.54, 1.807) is 24.3 Å². The molecule has 164 valence electrons. The van der Waals surface area contributed by atoms with E-state index in [9.17, 15) is 10.2 Å². The van der Waals surface area contributed by atoms with Crippen molar-refractivity contribution in [3.63, 3.8) is 0 Å². The smallest absolute Gasteiger partial charge is 0.222 e. The van der Waals surface area contributed by atoms with E-state index in [1.165, 1.54) is 10.9 Å². The molecule has 7 nitrogen and oxygen atoms in total. The summed E-state index contributed by atoms with van der Waals surface area (Å²) in [6.07, 6.45) is 2.84. The quantitative estimate of drug-likeness (QED) is 0.257. The Kier molecular flexibility index (Phi) is 5.28. The van der Waals surface area contributed by atoms with Crippen molar-refractivity contribution in [3.8, 4) is 33.9 Å². The Morgan fingerprint density at radius 1 is 0.879 bits per heavy atom. The first-order valence-electron chi connectivity index (χ1n) is 10.6. The van der Waals surface area contributed by atoms with E-state index in [2.05, 4.69) is 32.4 Å². The average Bonchev–Trinajstić information content (AvgIpc) is 3.23. The second-order valence-electron chi connectivity index (χ2n) is 7.81. The molecule has 0 aliphatic rings. The van der Waals surface area contributed by atoms with Crippen molar-refractivity contribution in [2.24, 2.45) is 0 Å². The lowest BCUT2D eigenvalue weighted by atomic mass is 10.0. The Balaban J connectivity index is 1.38. The molecule has 0 atom stereocenters. The number of rotatable bonds is 6. The van der Waals surface area contributed by atoms with Gasteiger partial charge >= 0.3 is 0 Å². The maximum absolute atomic E-state index is 10.5.